The van der Waals surface area contributed by atoms with E-state index in [1.807, 2.05) is 6.92 Å². The lowest BCUT2D eigenvalue weighted by atomic mass is 10.2. The number of rotatable bonds is 6. The molecule has 1 aromatic rings. The zero-order chi connectivity index (χ0) is 14.6. The lowest BCUT2D eigenvalue weighted by molar-refractivity contribution is 0.527. The minimum absolute atomic E-state index is 0.0687. The molecule has 0 aromatic heterocycles. The lowest BCUT2D eigenvalue weighted by Crippen LogP contribution is -2.40. The number of benzene rings is 1. The molecule has 1 atom stereocenters. The fourth-order valence-corrected chi connectivity index (χ4v) is 4.86. The van der Waals surface area contributed by atoms with Crippen LogP contribution >= 0.6 is 39.1 Å². The second kappa shape index (κ2) is 7.24. The van der Waals surface area contributed by atoms with Gasteiger partial charge in [-0.25, -0.2) is 13.1 Å². The molecule has 19 heavy (non-hydrogen) atoms. The monoisotopic (exact) mass is 388 g/mol. The van der Waals surface area contributed by atoms with Gasteiger partial charge >= 0.3 is 0 Å². The predicted molar refractivity (Wildman–Crippen MR) is 82.2 cm³/mol. The van der Waals surface area contributed by atoms with Gasteiger partial charge in [-0.3, -0.25) is 0 Å². The predicted octanol–water partition coefficient (Wildman–Crippen LogP) is 3.16. The van der Waals surface area contributed by atoms with Crippen molar-refractivity contribution in [3.63, 3.8) is 0 Å². The van der Waals surface area contributed by atoms with Crippen LogP contribution in [0.25, 0.3) is 0 Å². The minimum atomic E-state index is -3.79. The van der Waals surface area contributed by atoms with Gasteiger partial charge in [-0.05, 0) is 18.6 Å². The van der Waals surface area contributed by atoms with Gasteiger partial charge in [0.2, 0.25) is 10.0 Å². The Hall–Kier alpha value is 0.150. The zero-order valence-electron chi connectivity index (χ0n) is 10.3. The number of hydrogen-bond acceptors (Lipinski definition) is 3. The van der Waals surface area contributed by atoms with Crippen LogP contribution < -0.4 is 10.5 Å². The first-order valence-electron chi connectivity index (χ1n) is 5.68. The van der Waals surface area contributed by atoms with Crippen molar-refractivity contribution < 1.29 is 8.42 Å². The summed E-state index contributed by atoms with van der Waals surface area (Å²) in [7, 11) is -3.79. The lowest BCUT2D eigenvalue weighted by Gasteiger charge is -2.17. The molecule has 4 nitrogen and oxygen atoms in total. The fraction of sp³-hybridized carbons (Fsp3) is 0.455. The van der Waals surface area contributed by atoms with Crippen molar-refractivity contribution in [3.8, 4) is 0 Å². The summed E-state index contributed by atoms with van der Waals surface area (Å²) in [6.45, 7) is 2.18. The van der Waals surface area contributed by atoms with Gasteiger partial charge in [-0.2, -0.15) is 0 Å². The SMILES string of the molecule is CCCC(CN)NS(=O)(=O)c1c(Cl)cc(Br)cc1Cl. The first kappa shape index (κ1) is 17.2. The molecule has 0 radical (unpaired) electrons. The number of sulfonamides is 1. The maximum absolute atomic E-state index is 12.3. The molecule has 0 aliphatic rings. The summed E-state index contributed by atoms with van der Waals surface area (Å²) >= 11 is 15.1. The Morgan fingerprint density at radius 2 is 1.89 bits per heavy atom. The molecule has 0 aliphatic carbocycles. The highest BCUT2D eigenvalue weighted by Gasteiger charge is 2.24. The summed E-state index contributed by atoms with van der Waals surface area (Å²) in [5.74, 6) is 0. The normalized spacial score (nSPS) is 13.5. The molecule has 8 heteroatoms. The molecule has 1 rings (SSSR count). The van der Waals surface area contributed by atoms with Crippen LogP contribution in [-0.4, -0.2) is 21.0 Å². The van der Waals surface area contributed by atoms with E-state index in [2.05, 4.69) is 20.7 Å². The first-order chi connectivity index (χ1) is 8.81. The molecule has 0 spiro atoms. The van der Waals surface area contributed by atoms with Gasteiger partial charge < -0.3 is 5.73 Å². The Balaban J connectivity index is 3.14. The fourth-order valence-electron chi connectivity index (χ4n) is 1.64. The molecular formula is C11H15BrCl2N2O2S. The average Bonchev–Trinajstić information content (AvgIpc) is 2.25. The van der Waals surface area contributed by atoms with Crippen LogP contribution in [0, 0.1) is 0 Å². The Morgan fingerprint density at radius 1 is 1.37 bits per heavy atom. The van der Waals surface area contributed by atoms with E-state index < -0.39 is 10.0 Å². The van der Waals surface area contributed by atoms with E-state index in [1.165, 1.54) is 12.1 Å². The standard InChI is InChI=1S/C11H15BrCl2N2O2S/c1-2-3-8(6-15)16-19(17,18)11-9(13)4-7(12)5-10(11)14/h4-5,8,16H,2-3,6,15H2,1H3. The molecule has 0 saturated carbocycles. The van der Waals surface area contributed by atoms with Crippen molar-refractivity contribution in [1.82, 2.24) is 4.72 Å². The third-order valence-electron chi connectivity index (χ3n) is 2.48. The van der Waals surface area contributed by atoms with Crippen LogP contribution in [0.5, 0.6) is 0 Å². The van der Waals surface area contributed by atoms with Gasteiger partial charge in [0.15, 0.2) is 0 Å². The second-order valence-corrected chi connectivity index (χ2v) is 7.42. The van der Waals surface area contributed by atoms with E-state index in [4.69, 9.17) is 28.9 Å². The summed E-state index contributed by atoms with van der Waals surface area (Å²) in [5, 5.41) is 0.137. The quantitative estimate of drug-likeness (QED) is 0.784. The van der Waals surface area contributed by atoms with Crippen molar-refractivity contribution in [2.24, 2.45) is 5.73 Å². The molecule has 3 N–H and O–H groups in total. The molecule has 0 aliphatic heterocycles. The number of nitrogens with two attached hydrogens (primary N) is 1. The summed E-state index contributed by atoms with van der Waals surface area (Å²) in [6.07, 6.45) is 1.48. The van der Waals surface area contributed by atoms with Crippen molar-refractivity contribution in [2.75, 3.05) is 6.54 Å². The summed E-state index contributed by atoms with van der Waals surface area (Å²) in [5.41, 5.74) is 5.54. The van der Waals surface area contributed by atoms with Crippen molar-refractivity contribution in [1.29, 1.82) is 0 Å². The number of halogens is 3. The molecule has 0 fully saturated rings. The van der Waals surface area contributed by atoms with Crippen LogP contribution in [0.3, 0.4) is 0 Å². The molecule has 108 valence electrons. The molecule has 0 amide bonds. The second-order valence-electron chi connectivity index (χ2n) is 4.04. The molecule has 0 saturated heterocycles. The third-order valence-corrected chi connectivity index (χ3v) is 5.37. The largest absolute Gasteiger partial charge is 0.329 e. The van der Waals surface area contributed by atoms with Gasteiger partial charge in [0.1, 0.15) is 4.90 Å². The Kier molecular flexibility index (Phi) is 6.56. The highest BCUT2D eigenvalue weighted by molar-refractivity contribution is 9.10. The maximum Gasteiger partial charge on any atom is 0.243 e. The molecule has 0 heterocycles. The van der Waals surface area contributed by atoms with E-state index in [1.54, 1.807) is 0 Å². The van der Waals surface area contributed by atoms with Gasteiger partial charge in [0, 0.05) is 17.1 Å². The van der Waals surface area contributed by atoms with Gasteiger partial charge in [0.25, 0.3) is 0 Å². The van der Waals surface area contributed by atoms with Crippen LogP contribution in [0.2, 0.25) is 10.0 Å². The van der Waals surface area contributed by atoms with Crippen molar-refractivity contribution >= 4 is 49.2 Å². The van der Waals surface area contributed by atoms with Crippen molar-refractivity contribution in [3.05, 3.63) is 26.7 Å². The van der Waals surface area contributed by atoms with Gasteiger partial charge in [0.05, 0.1) is 10.0 Å². The van der Waals surface area contributed by atoms with E-state index in [0.29, 0.717) is 10.9 Å². The average molecular weight is 390 g/mol. The van der Waals surface area contributed by atoms with Crippen LogP contribution in [0.4, 0.5) is 0 Å². The summed E-state index contributed by atoms with van der Waals surface area (Å²) in [6, 6.07) is 2.64. The van der Waals surface area contributed by atoms with E-state index >= 15 is 0 Å². The minimum Gasteiger partial charge on any atom is -0.329 e. The first-order valence-corrected chi connectivity index (χ1v) is 8.72. The summed E-state index contributed by atoms with van der Waals surface area (Å²) in [4.78, 5) is -0.117. The third kappa shape index (κ3) is 4.58. The number of nitrogens with one attached hydrogen (secondary N) is 1. The smallest absolute Gasteiger partial charge is 0.243 e. The molecule has 1 unspecified atom stereocenters. The Bertz CT molecular complexity index is 529. The topological polar surface area (TPSA) is 72.2 Å². The van der Waals surface area contributed by atoms with Crippen molar-refractivity contribution in [2.45, 2.75) is 30.7 Å². The van der Waals surface area contributed by atoms with E-state index in [9.17, 15) is 8.42 Å². The molecule has 1 aromatic carbocycles. The summed E-state index contributed by atoms with van der Waals surface area (Å²) < 4.78 is 27.7. The Labute approximate surface area is 131 Å². The number of hydrogen-bond donors (Lipinski definition) is 2. The molecule has 0 bridgehead atoms. The van der Waals surface area contributed by atoms with Crippen LogP contribution in [0.1, 0.15) is 19.8 Å². The highest BCUT2D eigenvalue weighted by atomic mass is 79.9. The van der Waals surface area contributed by atoms with Crippen LogP contribution in [0.15, 0.2) is 21.5 Å². The highest BCUT2D eigenvalue weighted by Crippen LogP contribution is 2.32. The van der Waals surface area contributed by atoms with Gasteiger partial charge in [-0.1, -0.05) is 52.5 Å². The van der Waals surface area contributed by atoms with Gasteiger partial charge in [-0.15, -0.1) is 0 Å². The maximum atomic E-state index is 12.3. The van der Waals surface area contributed by atoms with Crippen LogP contribution in [-0.2, 0) is 10.0 Å². The zero-order valence-corrected chi connectivity index (χ0v) is 14.2. The Morgan fingerprint density at radius 3 is 2.32 bits per heavy atom. The van der Waals surface area contributed by atoms with E-state index in [0.717, 1.165) is 6.42 Å². The molecular weight excluding hydrogens is 375 g/mol. The van der Waals surface area contributed by atoms with E-state index in [-0.39, 0.29) is 27.5 Å².